The van der Waals surface area contributed by atoms with Crippen LogP contribution in [0.1, 0.15) is 18.7 Å². The highest BCUT2D eigenvalue weighted by Gasteiger charge is 2.23. The number of nitrogens with zero attached hydrogens (tertiary/aromatic N) is 2. The molecule has 4 aromatic carbocycles. The Kier molecular flexibility index (Phi) is 3.75. The molecule has 0 unspecified atom stereocenters. The summed E-state index contributed by atoms with van der Waals surface area (Å²) in [4.78, 5) is 5.14. The monoisotopic (exact) mass is 388 g/mol. The molecule has 0 fully saturated rings. The summed E-state index contributed by atoms with van der Waals surface area (Å²) in [5.41, 5.74) is 3.87. The molecule has 0 radical (unpaired) electrons. The Morgan fingerprint density at radius 3 is 2.00 bits per heavy atom. The van der Waals surface area contributed by atoms with E-state index in [4.69, 9.17) is 4.98 Å². The lowest BCUT2D eigenvalue weighted by molar-refractivity contribution is 0.431. The Bertz CT molecular complexity index is 1490. The fourth-order valence-electron chi connectivity index (χ4n) is 4.58. The average Bonchev–Trinajstić information content (AvgIpc) is 3.21. The molecule has 3 nitrogen and oxygen atoms in total. The van der Waals surface area contributed by atoms with Gasteiger partial charge in [0.1, 0.15) is 11.6 Å². The summed E-state index contributed by atoms with van der Waals surface area (Å²) >= 11 is 0. The van der Waals surface area contributed by atoms with Crippen LogP contribution >= 0.6 is 0 Å². The SMILES string of the molecule is OC1=CCCC=C1c1nc2c3ccccc3c3ccccc3c2n1-c1ccccc1. The Morgan fingerprint density at radius 2 is 1.27 bits per heavy atom. The van der Waals surface area contributed by atoms with Crippen LogP contribution in [0.25, 0.3) is 43.8 Å². The number of rotatable bonds is 2. The highest BCUT2D eigenvalue weighted by molar-refractivity contribution is 6.24. The number of aliphatic hydroxyl groups is 1. The van der Waals surface area contributed by atoms with E-state index < -0.39 is 0 Å². The van der Waals surface area contributed by atoms with E-state index in [1.54, 1.807) is 0 Å². The van der Waals surface area contributed by atoms with Gasteiger partial charge in [-0.3, -0.25) is 4.57 Å². The van der Waals surface area contributed by atoms with Crippen molar-refractivity contribution in [3.8, 4) is 5.69 Å². The standard InChI is InChI=1S/C27H20N2O/c30-24-17-9-8-16-23(24)27-28-25-21-14-6-4-12-19(21)20-13-5-7-15-22(20)26(25)29(27)18-10-2-1-3-11-18/h1-7,10-17,30H,8-9H2. The molecule has 6 rings (SSSR count). The largest absolute Gasteiger partial charge is 0.508 e. The third kappa shape index (κ3) is 2.42. The molecule has 0 amide bonds. The van der Waals surface area contributed by atoms with Crippen LogP contribution in [0.5, 0.6) is 0 Å². The molecule has 0 aliphatic heterocycles. The Balaban J connectivity index is 1.86. The Labute approximate surface area is 174 Å². The molecule has 5 aromatic rings. The first-order valence-corrected chi connectivity index (χ1v) is 10.3. The van der Waals surface area contributed by atoms with Gasteiger partial charge in [0.05, 0.1) is 16.6 Å². The van der Waals surface area contributed by atoms with Crippen molar-refractivity contribution in [2.75, 3.05) is 0 Å². The number of aliphatic hydroxyl groups excluding tert-OH is 1. The van der Waals surface area contributed by atoms with E-state index in [-0.39, 0.29) is 0 Å². The highest BCUT2D eigenvalue weighted by atomic mass is 16.3. The summed E-state index contributed by atoms with van der Waals surface area (Å²) in [6.07, 6.45) is 5.74. The van der Waals surface area contributed by atoms with Crippen LogP contribution < -0.4 is 0 Å². The molecular weight excluding hydrogens is 368 g/mol. The normalized spacial score (nSPS) is 14.3. The lowest BCUT2D eigenvalue weighted by atomic mass is 10.00. The van der Waals surface area contributed by atoms with Gasteiger partial charge in [-0.2, -0.15) is 0 Å². The van der Waals surface area contributed by atoms with E-state index in [1.165, 1.54) is 10.8 Å². The molecule has 1 aliphatic rings. The number of hydrogen-bond acceptors (Lipinski definition) is 2. The number of aromatic nitrogens is 2. The van der Waals surface area contributed by atoms with Gasteiger partial charge in [0, 0.05) is 16.5 Å². The quantitative estimate of drug-likeness (QED) is 0.332. The molecule has 30 heavy (non-hydrogen) atoms. The first-order chi connectivity index (χ1) is 14.8. The predicted octanol–water partition coefficient (Wildman–Crippen LogP) is 6.95. The van der Waals surface area contributed by atoms with E-state index in [0.717, 1.165) is 51.7 Å². The van der Waals surface area contributed by atoms with Gasteiger partial charge in [-0.15, -0.1) is 0 Å². The third-order valence-corrected chi connectivity index (χ3v) is 5.92. The number of allylic oxidation sites excluding steroid dienone is 3. The van der Waals surface area contributed by atoms with Gasteiger partial charge in [-0.1, -0.05) is 72.8 Å². The number of fused-ring (bicyclic) bond motifs is 6. The van der Waals surface area contributed by atoms with Crippen molar-refractivity contribution in [3.05, 3.63) is 103 Å². The number of para-hydroxylation sites is 1. The zero-order valence-electron chi connectivity index (χ0n) is 16.4. The van der Waals surface area contributed by atoms with Crippen molar-refractivity contribution in [2.45, 2.75) is 12.8 Å². The molecule has 1 N–H and O–H groups in total. The summed E-state index contributed by atoms with van der Waals surface area (Å²) in [5, 5.41) is 15.4. The Morgan fingerprint density at radius 1 is 0.667 bits per heavy atom. The van der Waals surface area contributed by atoms with Crippen LogP contribution in [0, 0.1) is 0 Å². The number of benzene rings is 4. The van der Waals surface area contributed by atoms with E-state index >= 15 is 0 Å². The topological polar surface area (TPSA) is 38.1 Å². The van der Waals surface area contributed by atoms with Gasteiger partial charge >= 0.3 is 0 Å². The number of hydrogen-bond donors (Lipinski definition) is 1. The van der Waals surface area contributed by atoms with Gasteiger partial charge in [0.2, 0.25) is 0 Å². The second kappa shape index (κ2) is 6.60. The van der Waals surface area contributed by atoms with Gasteiger partial charge in [-0.05, 0) is 41.8 Å². The van der Waals surface area contributed by atoms with E-state index in [2.05, 4.69) is 71.3 Å². The van der Waals surface area contributed by atoms with Gasteiger partial charge < -0.3 is 5.11 Å². The zero-order valence-corrected chi connectivity index (χ0v) is 16.4. The summed E-state index contributed by atoms with van der Waals surface area (Å²) in [6, 6.07) is 27.2. The highest BCUT2D eigenvalue weighted by Crippen LogP contribution is 2.39. The molecule has 0 spiro atoms. The lowest BCUT2D eigenvalue weighted by Gasteiger charge is -2.15. The van der Waals surface area contributed by atoms with E-state index in [1.807, 2.05) is 24.3 Å². The fraction of sp³-hybridized carbons (Fsp3) is 0.0741. The van der Waals surface area contributed by atoms with Crippen molar-refractivity contribution in [1.29, 1.82) is 0 Å². The molecule has 1 aromatic heterocycles. The minimum Gasteiger partial charge on any atom is -0.508 e. The summed E-state index contributed by atoms with van der Waals surface area (Å²) in [5.74, 6) is 1.09. The van der Waals surface area contributed by atoms with Crippen LogP contribution in [0.4, 0.5) is 0 Å². The maximum absolute atomic E-state index is 10.7. The molecule has 144 valence electrons. The first kappa shape index (κ1) is 17.0. The maximum atomic E-state index is 10.7. The zero-order chi connectivity index (χ0) is 20.1. The van der Waals surface area contributed by atoms with E-state index in [9.17, 15) is 5.11 Å². The van der Waals surface area contributed by atoms with Crippen molar-refractivity contribution >= 4 is 38.2 Å². The minimum absolute atomic E-state index is 0.308. The molecule has 0 saturated carbocycles. The molecular formula is C27H20N2O. The van der Waals surface area contributed by atoms with Gasteiger partial charge in [-0.25, -0.2) is 4.98 Å². The summed E-state index contributed by atoms with van der Waals surface area (Å²) < 4.78 is 2.20. The van der Waals surface area contributed by atoms with E-state index in [0.29, 0.717) is 5.76 Å². The molecule has 0 saturated heterocycles. The number of imidazole rings is 1. The third-order valence-electron chi connectivity index (χ3n) is 5.92. The second-order valence-corrected chi connectivity index (χ2v) is 7.68. The second-order valence-electron chi connectivity index (χ2n) is 7.68. The Hall–Kier alpha value is -3.85. The lowest BCUT2D eigenvalue weighted by Crippen LogP contribution is -2.04. The first-order valence-electron chi connectivity index (χ1n) is 10.3. The van der Waals surface area contributed by atoms with Crippen molar-refractivity contribution in [2.24, 2.45) is 0 Å². The molecule has 1 aliphatic carbocycles. The van der Waals surface area contributed by atoms with Crippen molar-refractivity contribution in [3.63, 3.8) is 0 Å². The van der Waals surface area contributed by atoms with Crippen molar-refractivity contribution < 1.29 is 5.11 Å². The van der Waals surface area contributed by atoms with Crippen LogP contribution in [0.2, 0.25) is 0 Å². The van der Waals surface area contributed by atoms with Crippen LogP contribution in [0.3, 0.4) is 0 Å². The molecule has 3 heteroatoms. The fourth-order valence-corrected chi connectivity index (χ4v) is 4.58. The average molecular weight is 388 g/mol. The van der Waals surface area contributed by atoms with Gasteiger partial charge in [0.25, 0.3) is 0 Å². The maximum Gasteiger partial charge on any atom is 0.149 e. The summed E-state index contributed by atoms with van der Waals surface area (Å²) in [6.45, 7) is 0. The predicted molar refractivity (Wildman–Crippen MR) is 124 cm³/mol. The van der Waals surface area contributed by atoms with Crippen LogP contribution in [0.15, 0.2) is 96.8 Å². The summed E-state index contributed by atoms with van der Waals surface area (Å²) in [7, 11) is 0. The van der Waals surface area contributed by atoms with Crippen LogP contribution in [-0.4, -0.2) is 14.7 Å². The minimum atomic E-state index is 0.308. The van der Waals surface area contributed by atoms with Crippen molar-refractivity contribution in [1.82, 2.24) is 9.55 Å². The molecule has 0 atom stereocenters. The molecule has 0 bridgehead atoms. The smallest absolute Gasteiger partial charge is 0.149 e. The van der Waals surface area contributed by atoms with Crippen LogP contribution in [-0.2, 0) is 0 Å². The molecule has 1 heterocycles. The van der Waals surface area contributed by atoms with Gasteiger partial charge in [0.15, 0.2) is 0 Å².